The van der Waals surface area contributed by atoms with Crippen molar-refractivity contribution in [3.8, 4) is 6.07 Å². The molecule has 0 aromatic heterocycles. The van der Waals surface area contributed by atoms with Gasteiger partial charge in [-0.05, 0) is 24.6 Å². The van der Waals surface area contributed by atoms with Crippen LogP contribution in [0.1, 0.15) is 18.9 Å². The van der Waals surface area contributed by atoms with Crippen LogP contribution < -0.4 is 10.6 Å². The summed E-state index contributed by atoms with van der Waals surface area (Å²) in [5.74, 6) is -0.125. The second kappa shape index (κ2) is 6.06. The summed E-state index contributed by atoms with van der Waals surface area (Å²) >= 11 is 0. The highest BCUT2D eigenvalue weighted by atomic mass is 16.2. The van der Waals surface area contributed by atoms with Crippen LogP contribution in [0.4, 0.5) is 10.5 Å². The van der Waals surface area contributed by atoms with E-state index in [-0.39, 0.29) is 11.9 Å². The third-order valence-electron chi connectivity index (χ3n) is 3.22. The third-order valence-corrected chi connectivity index (χ3v) is 3.22. The third kappa shape index (κ3) is 2.88. The van der Waals surface area contributed by atoms with E-state index in [9.17, 15) is 9.59 Å². The minimum Gasteiger partial charge on any atom is -0.353 e. The Morgan fingerprint density at radius 2 is 2.40 bits per heavy atom. The minimum atomic E-state index is -0.442. The molecular formula is C14H16N4O2. The number of benzene rings is 1. The summed E-state index contributed by atoms with van der Waals surface area (Å²) < 4.78 is 0. The second-order valence-electron chi connectivity index (χ2n) is 4.53. The highest BCUT2D eigenvalue weighted by molar-refractivity contribution is 5.94. The average molecular weight is 272 g/mol. The van der Waals surface area contributed by atoms with E-state index in [1.165, 1.54) is 4.90 Å². The molecule has 1 aromatic carbocycles. The molecule has 6 heteroatoms. The molecule has 2 rings (SSSR count). The second-order valence-corrected chi connectivity index (χ2v) is 4.53. The maximum absolute atomic E-state index is 12.2. The van der Waals surface area contributed by atoms with Gasteiger partial charge in [0.25, 0.3) is 0 Å². The van der Waals surface area contributed by atoms with Gasteiger partial charge >= 0.3 is 6.03 Å². The number of nitrogens with one attached hydrogen (secondary N) is 2. The summed E-state index contributed by atoms with van der Waals surface area (Å²) in [6.45, 7) is 2.81. The summed E-state index contributed by atoms with van der Waals surface area (Å²) in [6, 6.07) is 7.94. The predicted molar refractivity (Wildman–Crippen MR) is 74.0 cm³/mol. The molecule has 6 nitrogen and oxygen atoms in total. The van der Waals surface area contributed by atoms with Gasteiger partial charge in [-0.2, -0.15) is 5.26 Å². The summed E-state index contributed by atoms with van der Waals surface area (Å²) in [4.78, 5) is 25.5. The van der Waals surface area contributed by atoms with E-state index >= 15 is 0 Å². The standard InChI is InChI=1S/C14H16N4O2/c1-2-12-13(19)16-6-7-18(12)14(20)17-11-5-3-4-10(8-11)9-15/h3-5,8,12H,2,6-7H2,1H3,(H,16,19)(H,17,20). The Labute approximate surface area is 117 Å². The van der Waals surface area contributed by atoms with Gasteiger partial charge in [-0.25, -0.2) is 4.79 Å². The van der Waals surface area contributed by atoms with Crippen LogP contribution in [0.15, 0.2) is 24.3 Å². The molecule has 1 atom stereocenters. The van der Waals surface area contributed by atoms with E-state index in [1.807, 2.05) is 13.0 Å². The van der Waals surface area contributed by atoms with Crippen molar-refractivity contribution in [2.75, 3.05) is 18.4 Å². The Morgan fingerprint density at radius 1 is 1.60 bits per heavy atom. The summed E-state index contributed by atoms with van der Waals surface area (Å²) in [5.41, 5.74) is 1.03. The SMILES string of the molecule is CCC1C(=O)NCCN1C(=O)Nc1cccc(C#N)c1. The normalized spacial score (nSPS) is 18.1. The highest BCUT2D eigenvalue weighted by Crippen LogP contribution is 2.14. The molecule has 0 radical (unpaired) electrons. The van der Waals surface area contributed by atoms with Gasteiger partial charge < -0.3 is 15.5 Å². The molecule has 2 N–H and O–H groups in total. The van der Waals surface area contributed by atoms with Crippen LogP contribution in [-0.2, 0) is 4.79 Å². The van der Waals surface area contributed by atoms with E-state index in [1.54, 1.807) is 24.3 Å². The summed E-state index contributed by atoms with van der Waals surface area (Å²) in [7, 11) is 0. The molecule has 104 valence electrons. The first kappa shape index (κ1) is 13.9. The maximum atomic E-state index is 12.2. The zero-order valence-corrected chi connectivity index (χ0v) is 11.2. The smallest absolute Gasteiger partial charge is 0.322 e. The molecule has 0 aliphatic carbocycles. The molecule has 1 heterocycles. The van der Waals surface area contributed by atoms with Crippen LogP contribution in [0.5, 0.6) is 0 Å². The molecule has 1 saturated heterocycles. The molecule has 0 spiro atoms. The van der Waals surface area contributed by atoms with Crippen LogP contribution in [0, 0.1) is 11.3 Å². The lowest BCUT2D eigenvalue weighted by molar-refractivity contribution is -0.127. The molecule has 1 aliphatic rings. The van der Waals surface area contributed by atoms with Crippen molar-refractivity contribution in [1.29, 1.82) is 5.26 Å². The predicted octanol–water partition coefficient (Wildman–Crippen LogP) is 1.30. The Kier molecular flexibility index (Phi) is 4.20. The Morgan fingerprint density at radius 3 is 3.10 bits per heavy atom. The number of nitriles is 1. The molecule has 3 amide bonds. The number of piperazine rings is 1. The van der Waals surface area contributed by atoms with E-state index in [0.29, 0.717) is 30.8 Å². The first-order chi connectivity index (χ1) is 9.65. The number of urea groups is 1. The van der Waals surface area contributed by atoms with Gasteiger partial charge in [0.2, 0.25) is 5.91 Å². The van der Waals surface area contributed by atoms with E-state index in [2.05, 4.69) is 10.6 Å². The van der Waals surface area contributed by atoms with E-state index < -0.39 is 6.04 Å². The monoisotopic (exact) mass is 272 g/mol. The Balaban J connectivity index is 2.10. The van der Waals surface area contributed by atoms with E-state index in [4.69, 9.17) is 5.26 Å². The number of anilines is 1. The van der Waals surface area contributed by atoms with Crippen molar-refractivity contribution in [3.05, 3.63) is 29.8 Å². The number of rotatable bonds is 2. The van der Waals surface area contributed by atoms with Crippen molar-refractivity contribution >= 4 is 17.6 Å². The zero-order chi connectivity index (χ0) is 14.5. The van der Waals surface area contributed by atoms with Crippen molar-refractivity contribution < 1.29 is 9.59 Å². The lowest BCUT2D eigenvalue weighted by atomic mass is 10.1. The van der Waals surface area contributed by atoms with Crippen LogP contribution in [-0.4, -0.2) is 36.0 Å². The topological polar surface area (TPSA) is 85.2 Å². The Hall–Kier alpha value is -2.55. The van der Waals surface area contributed by atoms with Crippen molar-refractivity contribution in [2.45, 2.75) is 19.4 Å². The molecular weight excluding hydrogens is 256 g/mol. The van der Waals surface area contributed by atoms with Gasteiger partial charge in [-0.3, -0.25) is 4.79 Å². The number of carbonyl (C=O) groups is 2. The lowest BCUT2D eigenvalue weighted by Gasteiger charge is -2.34. The minimum absolute atomic E-state index is 0.125. The van der Waals surface area contributed by atoms with Crippen molar-refractivity contribution in [1.82, 2.24) is 10.2 Å². The molecule has 1 aromatic rings. The largest absolute Gasteiger partial charge is 0.353 e. The van der Waals surface area contributed by atoms with Crippen LogP contribution in [0.3, 0.4) is 0 Å². The summed E-state index contributed by atoms with van der Waals surface area (Å²) in [5, 5.41) is 14.3. The number of hydrogen-bond acceptors (Lipinski definition) is 3. The molecule has 1 aliphatic heterocycles. The Bertz CT molecular complexity index is 565. The van der Waals surface area contributed by atoms with Gasteiger partial charge in [-0.15, -0.1) is 0 Å². The van der Waals surface area contributed by atoms with Gasteiger partial charge in [0.1, 0.15) is 6.04 Å². The number of amides is 3. The van der Waals surface area contributed by atoms with Crippen LogP contribution in [0.2, 0.25) is 0 Å². The number of nitrogens with zero attached hydrogens (tertiary/aromatic N) is 2. The van der Waals surface area contributed by atoms with E-state index in [0.717, 1.165) is 0 Å². The fourth-order valence-corrected chi connectivity index (χ4v) is 2.23. The molecule has 20 heavy (non-hydrogen) atoms. The van der Waals surface area contributed by atoms with Crippen LogP contribution in [0.25, 0.3) is 0 Å². The number of carbonyl (C=O) groups excluding carboxylic acids is 2. The molecule has 0 saturated carbocycles. The van der Waals surface area contributed by atoms with Gasteiger partial charge in [0, 0.05) is 18.8 Å². The first-order valence-electron chi connectivity index (χ1n) is 6.51. The van der Waals surface area contributed by atoms with Crippen LogP contribution >= 0.6 is 0 Å². The lowest BCUT2D eigenvalue weighted by Crippen LogP contribution is -2.57. The highest BCUT2D eigenvalue weighted by Gasteiger charge is 2.31. The molecule has 0 bridgehead atoms. The van der Waals surface area contributed by atoms with Gasteiger partial charge in [-0.1, -0.05) is 13.0 Å². The zero-order valence-electron chi connectivity index (χ0n) is 11.2. The molecule has 1 unspecified atom stereocenters. The fourth-order valence-electron chi connectivity index (χ4n) is 2.23. The van der Waals surface area contributed by atoms with Gasteiger partial charge in [0.15, 0.2) is 0 Å². The molecule has 1 fully saturated rings. The number of hydrogen-bond donors (Lipinski definition) is 2. The first-order valence-corrected chi connectivity index (χ1v) is 6.51. The average Bonchev–Trinajstić information content (AvgIpc) is 2.47. The maximum Gasteiger partial charge on any atom is 0.322 e. The quantitative estimate of drug-likeness (QED) is 0.851. The van der Waals surface area contributed by atoms with Crippen molar-refractivity contribution in [2.24, 2.45) is 0 Å². The fraction of sp³-hybridized carbons (Fsp3) is 0.357. The van der Waals surface area contributed by atoms with Gasteiger partial charge in [0.05, 0.1) is 11.6 Å². The summed E-state index contributed by atoms with van der Waals surface area (Å²) in [6.07, 6.45) is 0.567. The van der Waals surface area contributed by atoms with Crippen molar-refractivity contribution in [3.63, 3.8) is 0 Å².